The summed E-state index contributed by atoms with van der Waals surface area (Å²) in [5.41, 5.74) is 4.38. The van der Waals surface area contributed by atoms with E-state index in [1.807, 2.05) is 78.9 Å². The van der Waals surface area contributed by atoms with E-state index in [1.165, 1.54) is 22.2 Å². The van der Waals surface area contributed by atoms with Gasteiger partial charge in [0, 0.05) is 24.2 Å². The highest BCUT2D eigenvalue weighted by atomic mass is 32.2. The normalized spacial score (nSPS) is 15.7. The predicted molar refractivity (Wildman–Crippen MR) is 160 cm³/mol. The Balaban J connectivity index is 1.22. The van der Waals surface area contributed by atoms with Gasteiger partial charge in [-0.25, -0.2) is 9.89 Å². The molecule has 9 heteroatoms. The van der Waals surface area contributed by atoms with Gasteiger partial charge in [0.25, 0.3) is 5.91 Å². The number of aliphatic imine (C=N–C) groups is 2. The van der Waals surface area contributed by atoms with Gasteiger partial charge in [-0.1, -0.05) is 80.2 Å². The summed E-state index contributed by atoms with van der Waals surface area (Å²) < 4.78 is 0. The Labute approximate surface area is 238 Å². The Morgan fingerprint density at radius 1 is 0.950 bits per heavy atom. The van der Waals surface area contributed by atoms with Crippen molar-refractivity contribution in [1.29, 1.82) is 0 Å². The van der Waals surface area contributed by atoms with Crippen LogP contribution < -0.4 is 10.6 Å². The highest BCUT2D eigenvalue weighted by molar-refractivity contribution is 8.14. The number of amides is 3. The fourth-order valence-corrected chi connectivity index (χ4v) is 5.32. The maximum absolute atomic E-state index is 13.5. The summed E-state index contributed by atoms with van der Waals surface area (Å²) in [6, 6.07) is 24.3. The first kappa shape index (κ1) is 27.3. The van der Waals surface area contributed by atoms with Crippen LogP contribution in [0.5, 0.6) is 0 Å². The number of rotatable bonds is 9. The maximum atomic E-state index is 13.5. The molecule has 0 bridgehead atoms. The van der Waals surface area contributed by atoms with Gasteiger partial charge in [0.1, 0.15) is 11.9 Å². The number of hydrogen-bond acceptors (Lipinski definition) is 6. The van der Waals surface area contributed by atoms with Crippen LogP contribution in [0.15, 0.2) is 88.8 Å². The third-order valence-electron chi connectivity index (χ3n) is 6.72. The van der Waals surface area contributed by atoms with Crippen molar-refractivity contribution < 1.29 is 14.4 Å². The molecule has 5 rings (SSSR count). The number of fused-ring (bicyclic) bond motifs is 3. The molecule has 8 nitrogen and oxygen atoms in total. The molecule has 2 aliphatic rings. The molecule has 0 radical (unpaired) electrons. The minimum Gasteiger partial charge on any atom is -0.352 e. The molecular formula is C31H31N5O3S. The molecule has 0 aromatic heterocycles. The van der Waals surface area contributed by atoms with E-state index < -0.39 is 6.04 Å². The lowest BCUT2D eigenvalue weighted by molar-refractivity contribution is -0.125. The van der Waals surface area contributed by atoms with Crippen molar-refractivity contribution in [3.05, 3.63) is 95.6 Å². The van der Waals surface area contributed by atoms with Crippen LogP contribution in [0.3, 0.4) is 0 Å². The van der Waals surface area contributed by atoms with Crippen LogP contribution in [0, 0.1) is 0 Å². The van der Waals surface area contributed by atoms with E-state index in [2.05, 4.69) is 29.5 Å². The van der Waals surface area contributed by atoms with Gasteiger partial charge in [0.05, 0.1) is 11.4 Å². The Morgan fingerprint density at radius 3 is 2.42 bits per heavy atom. The number of carbonyl (C=O) groups is 3. The summed E-state index contributed by atoms with van der Waals surface area (Å²) in [6.45, 7) is 4.68. The first-order chi connectivity index (χ1) is 19.4. The molecule has 3 aromatic rings. The summed E-state index contributed by atoms with van der Waals surface area (Å²) in [5.74, 6) is 0.433. The van der Waals surface area contributed by atoms with Gasteiger partial charge in [-0.15, -0.1) is 0 Å². The van der Waals surface area contributed by atoms with E-state index in [0.29, 0.717) is 29.2 Å². The van der Waals surface area contributed by atoms with Gasteiger partial charge in [-0.05, 0) is 47.7 Å². The lowest BCUT2D eigenvalue weighted by Crippen LogP contribution is -2.41. The van der Waals surface area contributed by atoms with Gasteiger partial charge in [-0.2, -0.15) is 0 Å². The first-order valence-corrected chi connectivity index (χ1v) is 14.3. The quantitative estimate of drug-likeness (QED) is 0.378. The van der Waals surface area contributed by atoms with E-state index in [-0.39, 0.29) is 36.3 Å². The number of carbonyl (C=O) groups excluding carboxylic acids is 3. The van der Waals surface area contributed by atoms with E-state index in [0.717, 1.165) is 16.8 Å². The summed E-state index contributed by atoms with van der Waals surface area (Å²) >= 11 is 1.19. The number of nitrogens with one attached hydrogen (secondary N) is 2. The van der Waals surface area contributed by atoms with Crippen LogP contribution in [0.2, 0.25) is 0 Å². The number of benzene rings is 3. The summed E-state index contributed by atoms with van der Waals surface area (Å²) in [4.78, 5) is 49.6. The number of hydrogen-bond donors (Lipinski definition) is 2. The standard InChI is InChI=1S/C31H31N5O3S/c1-20(2)22-12-14-23(15-13-22)33-28(38)19-40-31-35-25-11-7-6-10-24(25)29-34-26(30(39)36(29)31)16-17-27(37)32-18-21-8-4-3-5-9-21/h3-15,20,26H,16-19H2,1-2H3,(H,32,37)(H,33,38)/t26-/m0/s1. The van der Waals surface area contributed by atoms with Crippen molar-refractivity contribution in [2.24, 2.45) is 9.98 Å². The second-order valence-corrected chi connectivity index (χ2v) is 10.9. The molecule has 1 atom stereocenters. The average Bonchev–Trinajstić information content (AvgIpc) is 3.31. The van der Waals surface area contributed by atoms with Crippen molar-refractivity contribution in [2.45, 2.75) is 45.2 Å². The molecule has 0 saturated carbocycles. The van der Waals surface area contributed by atoms with Gasteiger partial charge >= 0.3 is 0 Å². The molecule has 2 heterocycles. The Kier molecular flexibility index (Phi) is 8.40. The largest absolute Gasteiger partial charge is 0.352 e. The smallest absolute Gasteiger partial charge is 0.259 e. The average molecular weight is 554 g/mol. The molecule has 0 aliphatic carbocycles. The third kappa shape index (κ3) is 6.31. The zero-order chi connectivity index (χ0) is 28.1. The number of nitrogens with zero attached hydrogens (tertiary/aromatic N) is 3. The molecule has 0 spiro atoms. The van der Waals surface area contributed by atoms with Gasteiger partial charge in [0.15, 0.2) is 5.17 Å². The molecule has 3 amide bonds. The zero-order valence-corrected chi connectivity index (χ0v) is 23.3. The molecule has 2 N–H and O–H groups in total. The lowest BCUT2D eigenvalue weighted by atomic mass is 10.0. The predicted octanol–water partition coefficient (Wildman–Crippen LogP) is 5.24. The second-order valence-electron chi connectivity index (χ2n) is 9.97. The van der Waals surface area contributed by atoms with Crippen LogP contribution >= 0.6 is 11.8 Å². The van der Waals surface area contributed by atoms with Crippen molar-refractivity contribution in [3.8, 4) is 0 Å². The summed E-state index contributed by atoms with van der Waals surface area (Å²) in [7, 11) is 0. The molecule has 0 fully saturated rings. The second kappa shape index (κ2) is 12.3. The van der Waals surface area contributed by atoms with Crippen LogP contribution in [0.1, 0.15) is 49.3 Å². The molecule has 3 aromatic carbocycles. The van der Waals surface area contributed by atoms with Crippen LogP contribution in [0.25, 0.3) is 0 Å². The number of anilines is 1. The molecule has 204 valence electrons. The molecular weight excluding hydrogens is 522 g/mol. The SMILES string of the molecule is CC(C)c1ccc(NC(=O)CSC2=Nc3ccccc3C3=N[C@@H](CCC(=O)NCc4ccccc4)C(=O)N23)cc1. The first-order valence-electron chi connectivity index (χ1n) is 13.3. The summed E-state index contributed by atoms with van der Waals surface area (Å²) in [6.07, 6.45) is 0.458. The van der Waals surface area contributed by atoms with E-state index in [1.54, 1.807) is 0 Å². The Morgan fingerprint density at radius 2 is 1.68 bits per heavy atom. The van der Waals surface area contributed by atoms with Gasteiger partial charge in [-0.3, -0.25) is 19.4 Å². The number of thioether (sulfide) groups is 1. The van der Waals surface area contributed by atoms with E-state index >= 15 is 0 Å². The van der Waals surface area contributed by atoms with Crippen molar-refractivity contribution in [1.82, 2.24) is 10.2 Å². The Bertz CT molecular complexity index is 1470. The van der Waals surface area contributed by atoms with Crippen LogP contribution in [-0.4, -0.2) is 45.4 Å². The minimum absolute atomic E-state index is 0.0799. The van der Waals surface area contributed by atoms with Crippen molar-refractivity contribution in [2.75, 3.05) is 11.1 Å². The molecule has 0 unspecified atom stereocenters. The van der Waals surface area contributed by atoms with Crippen LogP contribution in [-0.2, 0) is 20.9 Å². The topological polar surface area (TPSA) is 103 Å². The van der Waals surface area contributed by atoms with E-state index in [9.17, 15) is 14.4 Å². The molecule has 40 heavy (non-hydrogen) atoms. The zero-order valence-electron chi connectivity index (χ0n) is 22.5. The summed E-state index contributed by atoms with van der Waals surface area (Å²) in [5, 5.41) is 6.22. The van der Waals surface area contributed by atoms with Gasteiger partial charge < -0.3 is 10.6 Å². The van der Waals surface area contributed by atoms with Crippen LogP contribution in [0.4, 0.5) is 11.4 Å². The van der Waals surface area contributed by atoms with Crippen molar-refractivity contribution in [3.63, 3.8) is 0 Å². The van der Waals surface area contributed by atoms with E-state index in [4.69, 9.17) is 4.99 Å². The lowest BCUT2D eigenvalue weighted by Gasteiger charge is -2.25. The minimum atomic E-state index is -0.692. The highest BCUT2D eigenvalue weighted by Crippen LogP contribution is 2.34. The Hall–Kier alpha value is -4.24. The molecule has 2 aliphatic heterocycles. The third-order valence-corrected chi connectivity index (χ3v) is 7.66. The highest BCUT2D eigenvalue weighted by Gasteiger charge is 2.41. The fraction of sp³-hybridized carbons (Fsp3) is 0.258. The number of amidine groups is 2. The fourth-order valence-electron chi connectivity index (χ4n) is 4.52. The maximum Gasteiger partial charge on any atom is 0.259 e. The van der Waals surface area contributed by atoms with Crippen molar-refractivity contribution >= 4 is 51.9 Å². The van der Waals surface area contributed by atoms with Gasteiger partial charge in [0.2, 0.25) is 11.8 Å². The number of para-hydroxylation sites is 1. The molecule has 0 saturated heterocycles. The monoisotopic (exact) mass is 553 g/mol.